The molecule has 0 spiro atoms. The Labute approximate surface area is 171 Å². The molecule has 0 heterocycles. The second kappa shape index (κ2) is 11.0. The van der Waals surface area contributed by atoms with Crippen molar-refractivity contribution >= 4 is 17.8 Å². The van der Waals surface area contributed by atoms with Gasteiger partial charge in [0.1, 0.15) is 0 Å². The number of hydrogen-bond acceptors (Lipinski definition) is 4. The van der Waals surface area contributed by atoms with Crippen molar-refractivity contribution in [3.05, 3.63) is 71.3 Å². The number of amides is 2. The lowest BCUT2D eigenvalue weighted by Crippen LogP contribution is -2.34. The maximum absolute atomic E-state index is 12.4. The highest BCUT2D eigenvalue weighted by Crippen LogP contribution is 2.19. The Morgan fingerprint density at radius 1 is 0.966 bits per heavy atom. The normalized spacial score (nSPS) is 11.6. The Morgan fingerprint density at radius 2 is 1.62 bits per heavy atom. The molecule has 29 heavy (non-hydrogen) atoms. The standard InChI is InChI=1S/C23H28N2O4/c1-16(2)29-22(27)15-20(18-11-9-17(3)10-12-18)25-21(26)13-14-24-23(28)19-7-5-4-6-8-19/h4-12,16,20H,13-15H2,1-3H3,(H,24,28)(H,25,26). The van der Waals surface area contributed by atoms with Crippen LogP contribution in [0.5, 0.6) is 0 Å². The van der Waals surface area contributed by atoms with Gasteiger partial charge < -0.3 is 15.4 Å². The molecule has 2 N–H and O–H groups in total. The number of aryl methyl sites for hydroxylation is 1. The van der Waals surface area contributed by atoms with Gasteiger partial charge in [-0.1, -0.05) is 48.0 Å². The van der Waals surface area contributed by atoms with Crippen molar-refractivity contribution in [1.82, 2.24) is 10.6 Å². The highest BCUT2D eigenvalue weighted by atomic mass is 16.5. The summed E-state index contributed by atoms with van der Waals surface area (Å²) in [5.74, 6) is -0.849. The first kappa shape index (κ1) is 22.1. The van der Waals surface area contributed by atoms with E-state index in [0.717, 1.165) is 11.1 Å². The summed E-state index contributed by atoms with van der Waals surface area (Å²) in [6.45, 7) is 5.75. The summed E-state index contributed by atoms with van der Waals surface area (Å²) in [6, 6.07) is 16.0. The predicted octanol–water partition coefficient (Wildman–Crippen LogP) is 3.31. The van der Waals surface area contributed by atoms with Gasteiger partial charge >= 0.3 is 5.97 Å². The van der Waals surface area contributed by atoms with Crippen molar-refractivity contribution in [1.29, 1.82) is 0 Å². The number of carbonyl (C=O) groups excluding carboxylic acids is 3. The zero-order valence-electron chi connectivity index (χ0n) is 17.1. The van der Waals surface area contributed by atoms with E-state index in [2.05, 4.69) is 10.6 Å². The van der Waals surface area contributed by atoms with Crippen LogP contribution in [-0.2, 0) is 14.3 Å². The number of ether oxygens (including phenoxy) is 1. The van der Waals surface area contributed by atoms with Crippen molar-refractivity contribution in [3.8, 4) is 0 Å². The Morgan fingerprint density at radius 3 is 2.24 bits per heavy atom. The van der Waals surface area contributed by atoms with E-state index in [1.54, 1.807) is 38.1 Å². The number of esters is 1. The molecular formula is C23H28N2O4. The zero-order chi connectivity index (χ0) is 21.2. The lowest BCUT2D eigenvalue weighted by Gasteiger charge is -2.20. The summed E-state index contributed by atoms with van der Waals surface area (Å²) in [5.41, 5.74) is 2.46. The third kappa shape index (κ3) is 7.78. The van der Waals surface area contributed by atoms with Gasteiger partial charge in [-0.05, 0) is 38.5 Å². The predicted molar refractivity (Wildman–Crippen MR) is 111 cm³/mol. The lowest BCUT2D eigenvalue weighted by atomic mass is 10.0. The molecule has 0 saturated carbocycles. The average molecular weight is 396 g/mol. The molecule has 1 atom stereocenters. The molecule has 0 fully saturated rings. The van der Waals surface area contributed by atoms with Gasteiger partial charge in [0.05, 0.1) is 18.6 Å². The van der Waals surface area contributed by atoms with Crippen LogP contribution in [0, 0.1) is 6.92 Å². The Bertz CT molecular complexity index is 817. The van der Waals surface area contributed by atoms with Gasteiger partial charge in [0.25, 0.3) is 5.91 Å². The highest BCUT2D eigenvalue weighted by molar-refractivity contribution is 5.94. The van der Waals surface area contributed by atoms with Gasteiger partial charge in [0.15, 0.2) is 0 Å². The molecule has 2 rings (SSSR count). The Balaban J connectivity index is 1.92. The molecule has 0 saturated heterocycles. The first-order chi connectivity index (χ1) is 13.8. The summed E-state index contributed by atoms with van der Waals surface area (Å²) in [7, 11) is 0. The Kier molecular flexibility index (Phi) is 8.40. The number of carbonyl (C=O) groups is 3. The zero-order valence-corrected chi connectivity index (χ0v) is 17.1. The van der Waals surface area contributed by atoms with E-state index < -0.39 is 6.04 Å². The quantitative estimate of drug-likeness (QED) is 0.637. The third-order valence-electron chi connectivity index (χ3n) is 4.23. The van der Waals surface area contributed by atoms with Gasteiger partial charge in [0, 0.05) is 18.5 Å². The summed E-state index contributed by atoms with van der Waals surface area (Å²) < 4.78 is 5.22. The molecular weight excluding hydrogens is 368 g/mol. The largest absolute Gasteiger partial charge is 0.463 e. The maximum atomic E-state index is 12.4. The van der Waals surface area contributed by atoms with E-state index >= 15 is 0 Å². The van der Waals surface area contributed by atoms with Crippen molar-refractivity contribution < 1.29 is 19.1 Å². The van der Waals surface area contributed by atoms with E-state index in [0.29, 0.717) is 5.56 Å². The molecule has 0 aliphatic heterocycles. The van der Waals surface area contributed by atoms with Crippen LogP contribution in [-0.4, -0.2) is 30.4 Å². The monoisotopic (exact) mass is 396 g/mol. The number of nitrogens with one attached hydrogen (secondary N) is 2. The van der Waals surface area contributed by atoms with E-state index in [4.69, 9.17) is 4.74 Å². The molecule has 6 heteroatoms. The first-order valence-corrected chi connectivity index (χ1v) is 9.74. The van der Waals surface area contributed by atoms with Gasteiger partial charge in [-0.2, -0.15) is 0 Å². The van der Waals surface area contributed by atoms with E-state index in [1.807, 2.05) is 37.3 Å². The van der Waals surface area contributed by atoms with E-state index in [9.17, 15) is 14.4 Å². The molecule has 0 aromatic heterocycles. The molecule has 2 aromatic carbocycles. The third-order valence-corrected chi connectivity index (χ3v) is 4.23. The topological polar surface area (TPSA) is 84.5 Å². The van der Waals surface area contributed by atoms with Crippen LogP contribution in [0.1, 0.15) is 54.2 Å². The van der Waals surface area contributed by atoms with Gasteiger partial charge in [-0.3, -0.25) is 14.4 Å². The molecule has 0 radical (unpaired) electrons. The summed E-state index contributed by atoms with van der Waals surface area (Å²) in [4.78, 5) is 36.6. The second-order valence-corrected chi connectivity index (χ2v) is 7.15. The van der Waals surface area contributed by atoms with Crippen LogP contribution in [0.4, 0.5) is 0 Å². The fourth-order valence-corrected chi connectivity index (χ4v) is 2.78. The number of benzene rings is 2. The minimum absolute atomic E-state index is 0.0450. The number of rotatable bonds is 9. The van der Waals surface area contributed by atoms with Gasteiger partial charge in [-0.25, -0.2) is 0 Å². The van der Waals surface area contributed by atoms with Crippen LogP contribution in [0.15, 0.2) is 54.6 Å². The minimum atomic E-state index is -0.487. The fraction of sp³-hybridized carbons (Fsp3) is 0.348. The average Bonchev–Trinajstić information content (AvgIpc) is 2.68. The molecule has 1 unspecified atom stereocenters. The van der Waals surface area contributed by atoms with E-state index in [-0.39, 0.29) is 43.3 Å². The van der Waals surface area contributed by atoms with Crippen LogP contribution in [0.25, 0.3) is 0 Å². The molecule has 6 nitrogen and oxygen atoms in total. The highest BCUT2D eigenvalue weighted by Gasteiger charge is 2.20. The van der Waals surface area contributed by atoms with Crippen molar-refractivity contribution in [2.24, 2.45) is 0 Å². The maximum Gasteiger partial charge on any atom is 0.308 e. The van der Waals surface area contributed by atoms with Crippen LogP contribution < -0.4 is 10.6 Å². The lowest BCUT2D eigenvalue weighted by molar-refractivity contribution is -0.148. The molecule has 2 aromatic rings. The smallest absolute Gasteiger partial charge is 0.308 e. The SMILES string of the molecule is Cc1ccc(C(CC(=O)OC(C)C)NC(=O)CCNC(=O)c2ccccc2)cc1. The van der Waals surface area contributed by atoms with Gasteiger partial charge in [0.2, 0.25) is 5.91 Å². The van der Waals surface area contributed by atoms with E-state index in [1.165, 1.54) is 0 Å². The fourth-order valence-electron chi connectivity index (χ4n) is 2.78. The minimum Gasteiger partial charge on any atom is -0.463 e. The van der Waals surface area contributed by atoms with Crippen LogP contribution in [0.2, 0.25) is 0 Å². The van der Waals surface area contributed by atoms with Gasteiger partial charge in [-0.15, -0.1) is 0 Å². The molecule has 2 amide bonds. The molecule has 0 aliphatic carbocycles. The molecule has 0 aliphatic rings. The first-order valence-electron chi connectivity index (χ1n) is 9.74. The van der Waals surface area contributed by atoms with Crippen LogP contribution >= 0.6 is 0 Å². The van der Waals surface area contributed by atoms with Crippen LogP contribution in [0.3, 0.4) is 0 Å². The summed E-state index contributed by atoms with van der Waals surface area (Å²) >= 11 is 0. The van der Waals surface area contributed by atoms with Crippen molar-refractivity contribution in [3.63, 3.8) is 0 Å². The second-order valence-electron chi connectivity index (χ2n) is 7.15. The Hall–Kier alpha value is -3.15. The summed E-state index contributed by atoms with van der Waals surface area (Å²) in [6.07, 6.45) is -0.0613. The van der Waals surface area contributed by atoms with Crippen molar-refractivity contribution in [2.75, 3.05) is 6.54 Å². The summed E-state index contributed by atoms with van der Waals surface area (Å²) in [5, 5.41) is 5.61. The molecule has 154 valence electrons. The number of hydrogen-bond donors (Lipinski definition) is 2. The van der Waals surface area contributed by atoms with Crippen molar-refractivity contribution in [2.45, 2.75) is 45.8 Å². The molecule has 0 bridgehead atoms.